The molecule has 1 fully saturated rings. The van der Waals surface area contributed by atoms with E-state index >= 15 is 0 Å². The number of methoxy groups -OCH3 is 2. The van der Waals surface area contributed by atoms with Crippen LogP contribution < -0.4 is 9.47 Å². The molecule has 2 aromatic rings. The molecule has 1 saturated heterocycles. The van der Waals surface area contributed by atoms with Gasteiger partial charge in [-0.05, 0) is 43.9 Å². The molecule has 1 N–H and O–H groups in total. The van der Waals surface area contributed by atoms with Crippen LogP contribution >= 0.6 is 0 Å². The van der Waals surface area contributed by atoms with Gasteiger partial charge in [0.25, 0.3) is 11.7 Å². The number of likely N-dealkylation sites (N-methyl/N-ethyl adjacent to an activating group) is 1. The minimum Gasteiger partial charge on any atom is -0.507 e. The van der Waals surface area contributed by atoms with Gasteiger partial charge in [0.1, 0.15) is 5.76 Å². The van der Waals surface area contributed by atoms with E-state index in [0.29, 0.717) is 35.7 Å². The van der Waals surface area contributed by atoms with Crippen LogP contribution in [0.3, 0.4) is 0 Å². The molecule has 1 aliphatic heterocycles. The lowest BCUT2D eigenvalue weighted by atomic mass is 9.96. The van der Waals surface area contributed by atoms with Gasteiger partial charge >= 0.3 is 0 Å². The number of nitrogens with zero attached hydrogens (tertiary/aromatic N) is 3. The highest BCUT2D eigenvalue weighted by atomic mass is 16.5. The fourth-order valence-corrected chi connectivity index (χ4v) is 3.44. The van der Waals surface area contributed by atoms with Crippen molar-refractivity contribution in [1.29, 1.82) is 0 Å². The van der Waals surface area contributed by atoms with Gasteiger partial charge in [-0.2, -0.15) is 0 Å². The molecule has 0 unspecified atom stereocenters. The van der Waals surface area contributed by atoms with Crippen molar-refractivity contribution in [3.63, 3.8) is 0 Å². The van der Waals surface area contributed by atoms with Gasteiger partial charge in [0.15, 0.2) is 11.5 Å². The first-order valence-electron chi connectivity index (χ1n) is 9.44. The number of rotatable bonds is 7. The summed E-state index contributed by atoms with van der Waals surface area (Å²) in [7, 11) is 6.77. The highest BCUT2D eigenvalue weighted by Gasteiger charge is 2.46. The zero-order valence-corrected chi connectivity index (χ0v) is 17.5. The first kappa shape index (κ1) is 21.3. The molecule has 158 valence electrons. The number of hydrogen-bond acceptors (Lipinski definition) is 7. The van der Waals surface area contributed by atoms with Gasteiger partial charge in [0.05, 0.1) is 25.8 Å². The molecule has 0 saturated carbocycles. The van der Waals surface area contributed by atoms with Crippen molar-refractivity contribution < 1.29 is 24.2 Å². The molecule has 1 amide bonds. The molecule has 1 aliphatic rings. The normalized spacial score (nSPS) is 18.2. The Morgan fingerprint density at radius 2 is 1.90 bits per heavy atom. The number of carbonyl (C=O) groups excluding carboxylic acids is 2. The molecule has 3 rings (SSSR count). The molecule has 2 heterocycles. The number of amides is 1. The molecule has 8 heteroatoms. The molecule has 1 aromatic carbocycles. The average molecular weight is 411 g/mol. The van der Waals surface area contributed by atoms with E-state index in [9.17, 15) is 14.7 Å². The second kappa shape index (κ2) is 8.96. The summed E-state index contributed by atoms with van der Waals surface area (Å²) in [5.41, 5.74) is 1.03. The van der Waals surface area contributed by atoms with Crippen LogP contribution in [0.15, 0.2) is 48.3 Å². The predicted octanol–water partition coefficient (Wildman–Crippen LogP) is 2.08. The number of carbonyl (C=O) groups is 2. The lowest BCUT2D eigenvalue weighted by Gasteiger charge is -2.26. The Balaban J connectivity index is 2.14. The second-order valence-corrected chi connectivity index (χ2v) is 7.15. The third kappa shape index (κ3) is 3.99. The van der Waals surface area contributed by atoms with Crippen LogP contribution in [0, 0.1) is 0 Å². The van der Waals surface area contributed by atoms with E-state index in [2.05, 4.69) is 4.98 Å². The van der Waals surface area contributed by atoms with Crippen molar-refractivity contribution in [3.05, 3.63) is 59.4 Å². The Kier molecular flexibility index (Phi) is 6.37. The summed E-state index contributed by atoms with van der Waals surface area (Å²) in [5.74, 6) is -0.747. The number of pyridine rings is 1. The SMILES string of the molecule is COc1ccc(/C(O)=C2\C(=O)C(=O)N(CCN(C)C)[C@H]2c2cccnc2)cc1OC. The van der Waals surface area contributed by atoms with Crippen molar-refractivity contribution in [2.45, 2.75) is 6.04 Å². The van der Waals surface area contributed by atoms with Gasteiger partial charge in [-0.3, -0.25) is 14.6 Å². The highest BCUT2D eigenvalue weighted by Crippen LogP contribution is 2.40. The maximum atomic E-state index is 12.9. The first-order chi connectivity index (χ1) is 14.4. The molecule has 1 atom stereocenters. The van der Waals surface area contributed by atoms with Crippen LogP contribution in [0.25, 0.3) is 5.76 Å². The minimum atomic E-state index is -0.730. The quantitative estimate of drug-likeness (QED) is 0.424. The minimum absolute atomic E-state index is 0.0268. The molecular weight excluding hydrogens is 386 g/mol. The predicted molar refractivity (Wildman–Crippen MR) is 111 cm³/mol. The molecule has 8 nitrogen and oxygen atoms in total. The molecule has 0 aliphatic carbocycles. The van der Waals surface area contributed by atoms with E-state index in [1.54, 1.807) is 42.7 Å². The monoisotopic (exact) mass is 411 g/mol. The third-order valence-corrected chi connectivity index (χ3v) is 4.99. The summed E-state index contributed by atoms with van der Waals surface area (Å²) in [4.78, 5) is 33.3. The summed E-state index contributed by atoms with van der Waals surface area (Å²) in [6.45, 7) is 0.903. The highest BCUT2D eigenvalue weighted by molar-refractivity contribution is 6.46. The standard InChI is InChI=1S/C22H25N3O5/c1-24(2)10-11-25-19(15-6-5-9-23-13-15)18(21(27)22(25)28)20(26)14-7-8-16(29-3)17(12-14)30-4/h5-9,12-13,19,26H,10-11H2,1-4H3/b20-18+/t19-/m0/s1. The summed E-state index contributed by atoms with van der Waals surface area (Å²) in [6, 6.07) is 7.61. The van der Waals surface area contributed by atoms with Crippen LogP contribution in [0.4, 0.5) is 0 Å². The van der Waals surface area contributed by atoms with E-state index in [1.807, 2.05) is 19.0 Å². The van der Waals surface area contributed by atoms with Gasteiger partial charge in [-0.25, -0.2) is 0 Å². The number of ketones is 1. The van der Waals surface area contributed by atoms with Crippen LogP contribution in [-0.4, -0.2) is 73.0 Å². The van der Waals surface area contributed by atoms with E-state index in [0.717, 1.165) is 0 Å². The van der Waals surface area contributed by atoms with Crippen LogP contribution in [0.1, 0.15) is 17.2 Å². The van der Waals surface area contributed by atoms with Crippen molar-refractivity contribution in [2.24, 2.45) is 0 Å². The fraction of sp³-hybridized carbons (Fsp3) is 0.318. The topological polar surface area (TPSA) is 92.2 Å². The number of Topliss-reactive ketones (excluding diaryl/α,β-unsaturated/α-hetero) is 1. The van der Waals surface area contributed by atoms with Crippen molar-refractivity contribution in [1.82, 2.24) is 14.8 Å². The molecule has 1 aromatic heterocycles. The van der Waals surface area contributed by atoms with Crippen molar-refractivity contribution in [3.8, 4) is 11.5 Å². The summed E-state index contributed by atoms with van der Waals surface area (Å²) >= 11 is 0. The maximum absolute atomic E-state index is 12.9. The number of aliphatic hydroxyl groups is 1. The van der Waals surface area contributed by atoms with E-state index in [1.165, 1.54) is 19.1 Å². The fourth-order valence-electron chi connectivity index (χ4n) is 3.44. The van der Waals surface area contributed by atoms with Gasteiger partial charge in [0.2, 0.25) is 0 Å². The van der Waals surface area contributed by atoms with Crippen LogP contribution in [0.5, 0.6) is 11.5 Å². The van der Waals surface area contributed by atoms with Gasteiger partial charge in [0, 0.05) is 31.0 Å². The lowest BCUT2D eigenvalue weighted by Crippen LogP contribution is -2.35. The number of aliphatic hydroxyl groups excluding tert-OH is 1. The number of hydrogen-bond donors (Lipinski definition) is 1. The summed E-state index contributed by atoms with van der Waals surface area (Å²) in [6.07, 6.45) is 3.21. The first-order valence-corrected chi connectivity index (χ1v) is 9.44. The molecule has 0 radical (unpaired) electrons. The Labute approximate surface area is 175 Å². The van der Waals surface area contributed by atoms with E-state index in [4.69, 9.17) is 9.47 Å². The average Bonchev–Trinajstić information content (AvgIpc) is 3.01. The number of likely N-dealkylation sites (tertiary alicyclic amines) is 1. The summed E-state index contributed by atoms with van der Waals surface area (Å²) < 4.78 is 10.5. The molecular formula is C22H25N3O5. The molecule has 0 spiro atoms. The maximum Gasteiger partial charge on any atom is 0.295 e. The Morgan fingerprint density at radius 1 is 1.17 bits per heavy atom. The number of ether oxygens (including phenoxy) is 2. The zero-order valence-electron chi connectivity index (χ0n) is 17.5. The Bertz CT molecular complexity index is 972. The lowest BCUT2D eigenvalue weighted by molar-refractivity contribution is -0.140. The van der Waals surface area contributed by atoms with Gasteiger partial charge in [-0.1, -0.05) is 6.07 Å². The molecule has 0 bridgehead atoms. The number of aromatic nitrogens is 1. The second-order valence-electron chi connectivity index (χ2n) is 7.15. The van der Waals surface area contributed by atoms with E-state index < -0.39 is 17.7 Å². The third-order valence-electron chi connectivity index (χ3n) is 4.99. The van der Waals surface area contributed by atoms with Crippen LogP contribution in [-0.2, 0) is 9.59 Å². The zero-order chi connectivity index (χ0) is 21.8. The van der Waals surface area contributed by atoms with Crippen molar-refractivity contribution >= 4 is 17.4 Å². The van der Waals surface area contributed by atoms with Crippen molar-refractivity contribution in [2.75, 3.05) is 41.4 Å². The Hall–Kier alpha value is -3.39. The smallest absolute Gasteiger partial charge is 0.295 e. The number of benzene rings is 1. The van der Waals surface area contributed by atoms with Gasteiger partial charge in [-0.15, -0.1) is 0 Å². The Morgan fingerprint density at radius 3 is 2.50 bits per heavy atom. The largest absolute Gasteiger partial charge is 0.507 e. The van der Waals surface area contributed by atoms with E-state index in [-0.39, 0.29) is 11.3 Å². The van der Waals surface area contributed by atoms with Crippen LogP contribution in [0.2, 0.25) is 0 Å². The van der Waals surface area contributed by atoms with Gasteiger partial charge < -0.3 is 24.4 Å². The molecule has 30 heavy (non-hydrogen) atoms. The summed E-state index contributed by atoms with van der Waals surface area (Å²) in [5, 5.41) is 11.1.